The molecule has 0 saturated heterocycles. The van der Waals surface area contributed by atoms with Crippen molar-refractivity contribution in [1.82, 2.24) is 15.0 Å². The number of rotatable bonds is 10. The van der Waals surface area contributed by atoms with E-state index in [1.807, 2.05) is 72.8 Å². The predicted octanol–water partition coefficient (Wildman–Crippen LogP) is 6.89. The van der Waals surface area contributed by atoms with Crippen LogP contribution in [0.2, 0.25) is 0 Å². The molecule has 0 fully saturated rings. The monoisotopic (exact) mass is 593 g/mol. The number of ketones is 2. The van der Waals surface area contributed by atoms with Gasteiger partial charge in [0.15, 0.2) is 11.6 Å². The molecule has 222 valence electrons. The average Bonchev–Trinajstić information content (AvgIpc) is 3.61. The number of carbonyl (C=O) groups excluding carboxylic acids is 2. The van der Waals surface area contributed by atoms with Crippen LogP contribution in [0.3, 0.4) is 0 Å². The zero-order valence-corrected chi connectivity index (χ0v) is 24.8. The van der Waals surface area contributed by atoms with E-state index in [0.29, 0.717) is 52.3 Å². The topological polar surface area (TPSA) is 94.2 Å². The van der Waals surface area contributed by atoms with Crippen LogP contribution >= 0.6 is 0 Å². The van der Waals surface area contributed by atoms with Gasteiger partial charge in [0, 0.05) is 35.5 Å². The maximum absolute atomic E-state index is 14.7. The highest BCUT2D eigenvalue weighted by atomic mass is 16.5. The zero-order valence-electron chi connectivity index (χ0n) is 24.8. The first-order chi connectivity index (χ1) is 22.1. The van der Waals surface area contributed by atoms with Crippen LogP contribution < -0.4 is 9.47 Å². The molecule has 2 aromatic heterocycles. The Kier molecular flexibility index (Phi) is 7.43. The number of benzene rings is 4. The number of hydrogen-bond donors (Lipinski definition) is 1. The number of pyridine rings is 1. The molecule has 1 aliphatic carbocycles. The summed E-state index contributed by atoms with van der Waals surface area (Å²) in [7, 11) is 1.60. The van der Waals surface area contributed by atoms with E-state index in [1.165, 1.54) is 5.56 Å². The molecule has 0 radical (unpaired) electrons. The van der Waals surface area contributed by atoms with E-state index >= 15 is 0 Å². The van der Waals surface area contributed by atoms with Gasteiger partial charge < -0.3 is 14.5 Å². The molecule has 1 aliphatic rings. The van der Waals surface area contributed by atoms with Crippen LogP contribution in [0.1, 0.15) is 48.8 Å². The number of carbonyl (C=O) groups is 2. The minimum absolute atomic E-state index is 0.162. The zero-order chi connectivity index (χ0) is 30.8. The van der Waals surface area contributed by atoms with Gasteiger partial charge in [-0.05, 0) is 65.9 Å². The molecule has 1 atom stereocenters. The van der Waals surface area contributed by atoms with Gasteiger partial charge >= 0.3 is 0 Å². The van der Waals surface area contributed by atoms with Crippen LogP contribution in [0, 0.1) is 0 Å². The molecule has 6 aromatic rings. The summed E-state index contributed by atoms with van der Waals surface area (Å²) < 4.78 is 11.8. The smallest absolute Gasteiger partial charge is 0.182 e. The summed E-state index contributed by atoms with van der Waals surface area (Å²) in [5.74, 6) is 1.35. The second-order valence-corrected chi connectivity index (χ2v) is 11.3. The number of fused-ring (bicyclic) bond motifs is 2. The van der Waals surface area contributed by atoms with E-state index in [4.69, 9.17) is 14.5 Å². The molecule has 45 heavy (non-hydrogen) atoms. The van der Waals surface area contributed by atoms with Crippen LogP contribution in [0.4, 0.5) is 0 Å². The fraction of sp³-hybridized carbons (Fsp3) is 0.158. The Morgan fingerprint density at radius 3 is 2.18 bits per heavy atom. The van der Waals surface area contributed by atoms with Crippen molar-refractivity contribution in [3.63, 3.8) is 0 Å². The third-order valence-corrected chi connectivity index (χ3v) is 8.55. The summed E-state index contributed by atoms with van der Waals surface area (Å²) in [5, 5.41) is 0. The number of methoxy groups -OCH3 is 1. The highest BCUT2D eigenvalue weighted by molar-refractivity contribution is 6.34. The van der Waals surface area contributed by atoms with Crippen LogP contribution in [0.5, 0.6) is 11.5 Å². The number of hydrogen-bond acceptors (Lipinski definition) is 6. The number of aryl methyl sites for hydroxylation is 2. The summed E-state index contributed by atoms with van der Waals surface area (Å²) in [6.45, 7) is 0.349. The van der Waals surface area contributed by atoms with Crippen molar-refractivity contribution >= 4 is 22.6 Å². The lowest BCUT2D eigenvalue weighted by atomic mass is 9.71. The Hall–Kier alpha value is -5.56. The quantitative estimate of drug-likeness (QED) is 0.174. The van der Waals surface area contributed by atoms with Crippen LogP contribution in [0.15, 0.2) is 116 Å². The van der Waals surface area contributed by atoms with Gasteiger partial charge in [0.05, 0.1) is 12.6 Å². The summed E-state index contributed by atoms with van der Waals surface area (Å²) in [5.41, 5.74) is 4.00. The first-order valence-corrected chi connectivity index (χ1v) is 15.0. The molecule has 0 amide bonds. The number of aromatic amines is 1. The molecular weight excluding hydrogens is 562 g/mol. The van der Waals surface area contributed by atoms with E-state index in [2.05, 4.69) is 22.1 Å². The molecule has 0 spiro atoms. The summed E-state index contributed by atoms with van der Waals surface area (Å²) in [4.78, 5) is 41.9. The minimum atomic E-state index is -1.53. The maximum atomic E-state index is 14.7. The Morgan fingerprint density at radius 1 is 0.733 bits per heavy atom. The highest BCUT2D eigenvalue weighted by Crippen LogP contribution is 2.46. The van der Waals surface area contributed by atoms with Crippen LogP contribution in [-0.2, 0) is 31.3 Å². The summed E-state index contributed by atoms with van der Waals surface area (Å²) in [6.07, 6.45) is 4.96. The van der Waals surface area contributed by atoms with Crippen molar-refractivity contribution in [1.29, 1.82) is 0 Å². The Bertz CT molecular complexity index is 2010. The SMILES string of the molecule is COc1ccc(C2(Cc3ccncc3)C(=O)c3ccc(OCc4ccccc4)cc3C2=O)c2nc(CCc3ccccc3)[nH]c12. The van der Waals surface area contributed by atoms with Gasteiger partial charge in [-0.1, -0.05) is 66.7 Å². The largest absolute Gasteiger partial charge is 0.494 e. The fourth-order valence-electron chi connectivity index (χ4n) is 6.27. The summed E-state index contributed by atoms with van der Waals surface area (Å²) in [6, 6.07) is 32.5. The van der Waals surface area contributed by atoms with Gasteiger partial charge in [0.2, 0.25) is 0 Å². The van der Waals surface area contributed by atoms with Crippen molar-refractivity contribution in [2.45, 2.75) is 31.3 Å². The van der Waals surface area contributed by atoms with Crippen molar-refractivity contribution in [2.75, 3.05) is 7.11 Å². The van der Waals surface area contributed by atoms with E-state index < -0.39 is 5.41 Å². The highest BCUT2D eigenvalue weighted by Gasteiger charge is 2.55. The molecule has 7 nitrogen and oxygen atoms in total. The average molecular weight is 594 g/mol. The van der Waals surface area contributed by atoms with Gasteiger partial charge in [0.1, 0.15) is 34.9 Å². The standard InChI is InChI=1S/C38H31N3O4/c1-44-32-16-15-31(34-35(32)41-33(40-34)17-12-25-8-4-2-5-9-25)38(23-26-18-20-39-21-19-26)36(42)29-14-13-28(22-30(29)37(38)43)45-24-27-10-6-3-7-11-27/h2-11,13-16,18-22H,12,17,23-24H2,1H3,(H,40,41). The Labute approximate surface area is 260 Å². The normalized spacial score (nSPS) is 15.8. The lowest BCUT2D eigenvalue weighted by molar-refractivity contribution is 0.0794. The molecule has 2 heterocycles. The third kappa shape index (κ3) is 5.16. The molecule has 0 saturated carbocycles. The maximum Gasteiger partial charge on any atom is 0.182 e. The molecule has 7 heteroatoms. The van der Waals surface area contributed by atoms with Gasteiger partial charge in [-0.25, -0.2) is 4.98 Å². The first-order valence-electron chi connectivity index (χ1n) is 15.0. The lowest BCUT2D eigenvalue weighted by Gasteiger charge is -2.27. The van der Waals surface area contributed by atoms with Gasteiger partial charge in [0.25, 0.3) is 0 Å². The van der Waals surface area contributed by atoms with Crippen molar-refractivity contribution in [3.8, 4) is 11.5 Å². The lowest BCUT2D eigenvalue weighted by Crippen LogP contribution is -2.41. The van der Waals surface area contributed by atoms with Gasteiger partial charge in [-0.3, -0.25) is 14.6 Å². The molecule has 1 N–H and O–H groups in total. The molecule has 7 rings (SSSR count). The first kappa shape index (κ1) is 28.2. The number of Topliss-reactive ketones (excluding diaryl/α,β-unsaturated/α-hetero) is 2. The van der Waals surface area contributed by atoms with Gasteiger partial charge in [-0.15, -0.1) is 0 Å². The molecule has 0 bridgehead atoms. The Balaban J connectivity index is 1.32. The molecule has 4 aromatic carbocycles. The molecular formula is C38H31N3O4. The number of nitrogens with one attached hydrogen (secondary N) is 1. The van der Waals surface area contributed by atoms with Gasteiger partial charge in [-0.2, -0.15) is 0 Å². The van der Waals surface area contributed by atoms with Crippen LogP contribution in [-0.4, -0.2) is 33.6 Å². The molecule has 1 unspecified atom stereocenters. The molecule has 0 aliphatic heterocycles. The van der Waals surface area contributed by atoms with E-state index in [-0.39, 0.29) is 18.0 Å². The fourth-order valence-corrected chi connectivity index (χ4v) is 6.27. The van der Waals surface area contributed by atoms with Crippen molar-refractivity contribution < 1.29 is 19.1 Å². The minimum Gasteiger partial charge on any atom is -0.494 e. The van der Waals surface area contributed by atoms with Crippen molar-refractivity contribution in [2.24, 2.45) is 0 Å². The van der Waals surface area contributed by atoms with E-state index in [9.17, 15) is 9.59 Å². The number of aromatic nitrogens is 3. The van der Waals surface area contributed by atoms with Crippen LogP contribution in [0.25, 0.3) is 11.0 Å². The number of nitrogens with zero attached hydrogens (tertiary/aromatic N) is 2. The summed E-state index contributed by atoms with van der Waals surface area (Å²) >= 11 is 0. The van der Waals surface area contributed by atoms with Crippen molar-refractivity contribution in [3.05, 3.63) is 155 Å². The number of ether oxygens (including phenoxy) is 2. The third-order valence-electron chi connectivity index (χ3n) is 8.55. The van der Waals surface area contributed by atoms with E-state index in [1.54, 1.807) is 37.7 Å². The number of H-pyrrole nitrogens is 1. The van der Waals surface area contributed by atoms with E-state index in [0.717, 1.165) is 23.4 Å². The second-order valence-electron chi connectivity index (χ2n) is 11.3. The Morgan fingerprint density at radius 2 is 1.44 bits per heavy atom. The second kappa shape index (κ2) is 11.8. The predicted molar refractivity (Wildman–Crippen MR) is 172 cm³/mol. The number of imidazole rings is 1.